The summed E-state index contributed by atoms with van der Waals surface area (Å²) in [5.41, 5.74) is 0.823. The zero-order chi connectivity index (χ0) is 14.5. The van der Waals surface area contributed by atoms with Crippen molar-refractivity contribution in [1.82, 2.24) is 9.55 Å². The number of rotatable bonds is 6. The summed E-state index contributed by atoms with van der Waals surface area (Å²) in [6.45, 7) is 2.40. The Kier molecular flexibility index (Phi) is 4.90. The van der Waals surface area contributed by atoms with Gasteiger partial charge in [-0.15, -0.1) is 0 Å². The quantitative estimate of drug-likeness (QED) is 0.758. The van der Waals surface area contributed by atoms with Crippen molar-refractivity contribution < 1.29 is 9.18 Å². The number of hydrogen-bond donors (Lipinski definition) is 0. The number of imidazole rings is 1. The highest BCUT2D eigenvalue weighted by Crippen LogP contribution is 2.19. The lowest BCUT2D eigenvalue weighted by Gasteiger charge is -2.10. The largest absolute Gasteiger partial charge is 0.319 e. The molecule has 0 aliphatic carbocycles. The molecule has 0 amide bonds. The van der Waals surface area contributed by atoms with Gasteiger partial charge in [0.15, 0.2) is 6.29 Å². The molecule has 20 heavy (non-hydrogen) atoms. The fourth-order valence-electron chi connectivity index (χ4n) is 2.09. The molecule has 0 aliphatic heterocycles. The normalized spacial score (nSPS) is 10.8. The van der Waals surface area contributed by atoms with Crippen molar-refractivity contribution in [3.05, 3.63) is 52.3 Å². The first kappa shape index (κ1) is 14.7. The Morgan fingerprint density at radius 2 is 2.15 bits per heavy atom. The third kappa shape index (κ3) is 3.07. The second-order valence-electron chi connectivity index (χ2n) is 4.60. The maximum atomic E-state index is 13.7. The molecule has 0 saturated carbocycles. The van der Waals surface area contributed by atoms with Crippen LogP contribution >= 0.6 is 11.6 Å². The average Bonchev–Trinajstić information content (AvgIpc) is 2.74. The number of benzene rings is 1. The van der Waals surface area contributed by atoms with E-state index in [1.165, 1.54) is 0 Å². The molecule has 0 N–H and O–H groups in total. The summed E-state index contributed by atoms with van der Waals surface area (Å²) in [7, 11) is 0. The standard InChI is InChI=1S/C15H16ClFN2O/c1-2-3-8-14-18-15(17)13(10-20)19(14)9-11-6-4-5-7-12(11)16/h4-7,10H,2-3,8-9H2,1H3. The van der Waals surface area contributed by atoms with Crippen molar-refractivity contribution in [2.75, 3.05) is 0 Å². The number of nitrogens with zero attached hydrogens (tertiary/aromatic N) is 2. The van der Waals surface area contributed by atoms with Gasteiger partial charge < -0.3 is 4.57 Å². The predicted octanol–water partition coefficient (Wildman–Crippen LogP) is 3.88. The molecule has 3 nitrogen and oxygen atoms in total. The Morgan fingerprint density at radius 1 is 1.40 bits per heavy atom. The molecule has 5 heteroatoms. The summed E-state index contributed by atoms with van der Waals surface area (Å²) < 4.78 is 15.3. The number of aryl methyl sites for hydroxylation is 1. The van der Waals surface area contributed by atoms with Gasteiger partial charge in [0.25, 0.3) is 0 Å². The zero-order valence-corrected chi connectivity index (χ0v) is 12.0. The van der Waals surface area contributed by atoms with Gasteiger partial charge in [-0.3, -0.25) is 4.79 Å². The molecule has 0 atom stereocenters. The molecule has 1 aromatic heterocycles. The SMILES string of the molecule is CCCCc1nc(F)c(C=O)n1Cc1ccccc1Cl. The molecule has 0 aliphatic rings. The van der Waals surface area contributed by atoms with Gasteiger partial charge in [0, 0.05) is 11.4 Å². The van der Waals surface area contributed by atoms with E-state index in [0.29, 0.717) is 30.1 Å². The predicted molar refractivity (Wildman–Crippen MR) is 76.7 cm³/mol. The first-order chi connectivity index (χ1) is 9.67. The molecule has 1 heterocycles. The van der Waals surface area contributed by atoms with E-state index in [2.05, 4.69) is 11.9 Å². The van der Waals surface area contributed by atoms with E-state index in [4.69, 9.17) is 11.6 Å². The van der Waals surface area contributed by atoms with Crippen LogP contribution in [0.4, 0.5) is 4.39 Å². The summed E-state index contributed by atoms with van der Waals surface area (Å²) in [5.74, 6) is -0.121. The number of unbranched alkanes of at least 4 members (excludes halogenated alkanes) is 1. The van der Waals surface area contributed by atoms with Crippen molar-refractivity contribution in [3.63, 3.8) is 0 Å². The molecule has 0 unspecified atom stereocenters. The minimum absolute atomic E-state index is 0.0176. The molecular weight excluding hydrogens is 279 g/mol. The summed E-state index contributed by atoms with van der Waals surface area (Å²) in [4.78, 5) is 14.9. The third-order valence-corrected chi connectivity index (χ3v) is 3.56. The van der Waals surface area contributed by atoms with Crippen LogP contribution in [0, 0.1) is 5.95 Å². The highest BCUT2D eigenvalue weighted by Gasteiger charge is 2.17. The third-order valence-electron chi connectivity index (χ3n) is 3.19. The molecule has 2 aromatic rings. The summed E-state index contributed by atoms with van der Waals surface area (Å²) in [6.07, 6.45) is 3.04. The maximum Gasteiger partial charge on any atom is 0.241 e. The van der Waals surface area contributed by atoms with Gasteiger partial charge in [0.2, 0.25) is 5.95 Å². The fraction of sp³-hybridized carbons (Fsp3) is 0.333. The van der Waals surface area contributed by atoms with E-state index in [1.54, 1.807) is 10.6 Å². The first-order valence-electron chi connectivity index (χ1n) is 6.60. The lowest BCUT2D eigenvalue weighted by molar-refractivity contribution is 0.111. The first-order valence-corrected chi connectivity index (χ1v) is 6.98. The van der Waals surface area contributed by atoms with Crippen molar-refractivity contribution in [2.24, 2.45) is 0 Å². The van der Waals surface area contributed by atoms with Crippen LogP contribution in [0.2, 0.25) is 5.02 Å². The van der Waals surface area contributed by atoms with Crippen molar-refractivity contribution in [3.8, 4) is 0 Å². The van der Waals surface area contributed by atoms with E-state index in [0.717, 1.165) is 18.4 Å². The highest BCUT2D eigenvalue weighted by atomic mass is 35.5. The molecule has 106 valence electrons. The minimum Gasteiger partial charge on any atom is -0.319 e. The summed E-state index contributed by atoms with van der Waals surface area (Å²) in [5, 5.41) is 0.597. The number of aldehydes is 1. The van der Waals surface area contributed by atoms with Crippen LogP contribution in [-0.4, -0.2) is 15.8 Å². The number of halogens is 2. The van der Waals surface area contributed by atoms with Gasteiger partial charge in [0.1, 0.15) is 11.5 Å². The van der Waals surface area contributed by atoms with E-state index >= 15 is 0 Å². The van der Waals surface area contributed by atoms with Gasteiger partial charge in [-0.1, -0.05) is 43.1 Å². The Morgan fingerprint density at radius 3 is 2.80 bits per heavy atom. The second-order valence-corrected chi connectivity index (χ2v) is 5.01. The molecule has 0 fully saturated rings. The topological polar surface area (TPSA) is 34.9 Å². The number of carbonyl (C=O) groups excluding carboxylic acids is 1. The van der Waals surface area contributed by atoms with E-state index in [1.807, 2.05) is 18.2 Å². The van der Waals surface area contributed by atoms with Crippen LogP contribution in [0.15, 0.2) is 24.3 Å². The number of hydrogen-bond acceptors (Lipinski definition) is 2. The number of carbonyl (C=O) groups is 1. The van der Waals surface area contributed by atoms with Crippen LogP contribution in [0.3, 0.4) is 0 Å². The second kappa shape index (κ2) is 6.66. The van der Waals surface area contributed by atoms with Crippen molar-refractivity contribution >= 4 is 17.9 Å². The van der Waals surface area contributed by atoms with Crippen LogP contribution in [0.5, 0.6) is 0 Å². The highest BCUT2D eigenvalue weighted by molar-refractivity contribution is 6.31. The molecule has 0 radical (unpaired) electrons. The Balaban J connectivity index is 2.38. The molecule has 1 aromatic carbocycles. The smallest absolute Gasteiger partial charge is 0.241 e. The maximum absolute atomic E-state index is 13.7. The molecule has 0 spiro atoms. The van der Waals surface area contributed by atoms with E-state index in [9.17, 15) is 9.18 Å². The van der Waals surface area contributed by atoms with Crippen LogP contribution < -0.4 is 0 Å². The molecule has 0 saturated heterocycles. The molecule has 0 bridgehead atoms. The van der Waals surface area contributed by atoms with Gasteiger partial charge >= 0.3 is 0 Å². The van der Waals surface area contributed by atoms with Gasteiger partial charge in [-0.05, 0) is 18.1 Å². The summed E-state index contributed by atoms with van der Waals surface area (Å²) in [6, 6.07) is 7.33. The van der Waals surface area contributed by atoms with Crippen molar-refractivity contribution in [1.29, 1.82) is 0 Å². The molecule has 2 rings (SSSR count). The van der Waals surface area contributed by atoms with E-state index < -0.39 is 5.95 Å². The van der Waals surface area contributed by atoms with Gasteiger partial charge in [0.05, 0.1) is 6.54 Å². The van der Waals surface area contributed by atoms with E-state index in [-0.39, 0.29) is 5.69 Å². The lowest BCUT2D eigenvalue weighted by atomic mass is 10.2. The van der Waals surface area contributed by atoms with Crippen LogP contribution in [-0.2, 0) is 13.0 Å². The number of aromatic nitrogens is 2. The Bertz CT molecular complexity index is 610. The summed E-state index contributed by atoms with van der Waals surface area (Å²) >= 11 is 6.12. The Hall–Kier alpha value is -1.68. The van der Waals surface area contributed by atoms with Gasteiger partial charge in [-0.25, -0.2) is 4.98 Å². The lowest BCUT2D eigenvalue weighted by Crippen LogP contribution is -2.09. The Labute approximate surface area is 122 Å². The van der Waals surface area contributed by atoms with Crippen LogP contribution in [0.25, 0.3) is 0 Å². The monoisotopic (exact) mass is 294 g/mol. The van der Waals surface area contributed by atoms with Crippen molar-refractivity contribution in [2.45, 2.75) is 32.7 Å². The van der Waals surface area contributed by atoms with Crippen LogP contribution in [0.1, 0.15) is 41.6 Å². The van der Waals surface area contributed by atoms with Gasteiger partial charge in [-0.2, -0.15) is 4.39 Å². The average molecular weight is 295 g/mol. The minimum atomic E-state index is -0.710. The zero-order valence-electron chi connectivity index (χ0n) is 11.3. The molecular formula is C15H16ClFN2O. The fourth-order valence-corrected chi connectivity index (χ4v) is 2.29.